The first kappa shape index (κ1) is 8.76. The van der Waals surface area contributed by atoms with Gasteiger partial charge in [-0.2, -0.15) is 0 Å². The van der Waals surface area contributed by atoms with E-state index in [1.165, 1.54) is 11.1 Å². The van der Waals surface area contributed by atoms with Crippen LogP contribution in [-0.2, 0) is 0 Å². The highest BCUT2D eigenvalue weighted by Crippen LogP contribution is 2.32. The average molecular weight is 175 g/mol. The first-order chi connectivity index (χ1) is 6.20. The number of benzene rings is 1. The van der Waals surface area contributed by atoms with E-state index in [2.05, 4.69) is 50.4 Å². The maximum Gasteiger partial charge on any atom is 0.0297 e. The summed E-state index contributed by atoms with van der Waals surface area (Å²) in [5.74, 6) is 0.632. The zero-order valence-electron chi connectivity index (χ0n) is 8.54. The van der Waals surface area contributed by atoms with Crippen molar-refractivity contribution in [3.63, 3.8) is 0 Å². The van der Waals surface area contributed by atoms with Crippen LogP contribution >= 0.6 is 0 Å². The molecule has 1 heterocycles. The van der Waals surface area contributed by atoms with Crippen LogP contribution in [0.3, 0.4) is 0 Å². The third-order valence-corrected chi connectivity index (χ3v) is 3.22. The molecule has 0 aromatic heterocycles. The molecule has 1 nitrogen and oxygen atoms in total. The number of fused-ring (bicyclic) bond motifs is 1. The van der Waals surface area contributed by atoms with Gasteiger partial charge in [0.05, 0.1) is 0 Å². The van der Waals surface area contributed by atoms with Crippen molar-refractivity contribution in [2.45, 2.75) is 38.8 Å². The molecule has 13 heavy (non-hydrogen) atoms. The monoisotopic (exact) mass is 175 g/mol. The normalized spacial score (nSPS) is 32.7. The molecule has 0 amide bonds. The Labute approximate surface area is 80.2 Å². The number of rotatable bonds is 0. The van der Waals surface area contributed by atoms with E-state index in [-0.39, 0.29) is 0 Å². The van der Waals surface area contributed by atoms with Gasteiger partial charge < -0.3 is 5.32 Å². The Morgan fingerprint density at radius 3 is 2.31 bits per heavy atom. The minimum atomic E-state index is 0.502. The fourth-order valence-corrected chi connectivity index (χ4v) is 2.22. The summed E-state index contributed by atoms with van der Waals surface area (Å²) in [6.45, 7) is 6.79. The van der Waals surface area contributed by atoms with Crippen LogP contribution < -0.4 is 5.32 Å². The van der Waals surface area contributed by atoms with Crippen molar-refractivity contribution >= 4 is 0 Å². The molecule has 1 N–H and O–H groups in total. The van der Waals surface area contributed by atoms with E-state index in [9.17, 15) is 0 Å². The molecular weight excluding hydrogens is 158 g/mol. The largest absolute Gasteiger partial charge is 0.307 e. The fourth-order valence-electron chi connectivity index (χ4n) is 2.22. The summed E-state index contributed by atoms with van der Waals surface area (Å²) >= 11 is 0. The summed E-state index contributed by atoms with van der Waals surface area (Å²) < 4.78 is 0. The highest BCUT2D eigenvalue weighted by Gasteiger charge is 2.25. The Balaban J connectivity index is 2.47. The standard InChI is InChI=1S/C12H17N/c1-8-9(2)13-10(3)12-7-5-4-6-11(8)12/h4-10,13H,1-3H3. The first-order valence-electron chi connectivity index (χ1n) is 5.05. The van der Waals surface area contributed by atoms with Crippen LogP contribution in [0.5, 0.6) is 0 Å². The smallest absolute Gasteiger partial charge is 0.0297 e. The summed E-state index contributed by atoms with van der Waals surface area (Å²) in [5, 5.41) is 3.59. The van der Waals surface area contributed by atoms with E-state index in [0.717, 1.165) is 0 Å². The third kappa shape index (κ3) is 1.37. The molecule has 0 radical (unpaired) electrons. The Kier molecular flexibility index (Phi) is 2.12. The molecule has 1 aromatic rings. The van der Waals surface area contributed by atoms with Crippen LogP contribution in [0, 0.1) is 0 Å². The quantitative estimate of drug-likeness (QED) is 0.639. The predicted molar refractivity (Wildman–Crippen MR) is 55.9 cm³/mol. The van der Waals surface area contributed by atoms with Crippen LogP contribution in [0.25, 0.3) is 0 Å². The maximum atomic E-state index is 3.59. The second-order valence-corrected chi connectivity index (χ2v) is 4.09. The molecule has 2 rings (SSSR count). The van der Waals surface area contributed by atoms with Gasteiger partial charge in [0.1, 0.15) is 0 Å². The Hall–Kier alpha value is -0.820. The van der Waals surface area contributed by atoms with E-state index in [4.69, 9.17) is 0 Å². The van der Waals surface area contributed by atoms with E-state index in [1.807, 2.05) is 0 Å². The highest BCUT2D eigenvalue weighted by molar-refractivity contribution is 5.35. The second-order valence-electron chi connectivity index (χ2n) is 4.09. The van der Waals surface area contributed by atoms with Gasteiger partial charge in [0, 0.05) is 12.1 Å². The Morgan fingerprint density at radius 1 is 1.00 bits per heavy atom. The molecule has 3 unspecified atom stereocenters. The van der Waals surface area contributed by atoms with Crippen molar-refractivity contribution in [2.24, 2.45) is 0 Å². The molecule has 1 heteroatoms. The van der Waals surface area contributed by atoms with Crippen LogP contribution in [0.15, 0.2) is 24.3 Å². The number of hydrogen-bond acceptors (Lipinski definition) is 1. The zero-order chi connectivity index (χ0) is 9.42. The maximum absolute atomic E-state index is 3.59. The molecular formula is C12H17N. The van der Waals surface area contributed by atoms with Crippen molar-refractivity contribution in [1.29, 1.82) is 0 Å². The van der Waals surface area contributed by atoms with Gasteiger partial charge in [0.25, 0.3) is 0 Å². The SMILES string of the molecule is CC1NC(C)C(C)c2ccccc21. The molecule has 0 saturated heterocycles. The van der Waals surface area contributed by atoms with Gasteiger partial charge in [-0.1, -0.05) is 31.2 Å². The van der Waals surface area contributed by atoms with Gasteiger partial charge in [0.2, 0.25) is 0 Å². The van der Waals surface area contributed by atoms with Gasteiger partial charge >= 0.3 is 0 Å². The summed E-state index contributed by atoms with van der Waals surface area (Å²) in [6, 6.07) is 9.84. The molecule has 1 aromatic carbocycles. The fraction of sp³-hybridized carbons (Fsp3) is 0.500. The molecule has 0 saturated carbocycles. The third-order valence-electron chi connectivity index (χ3n) is 3.22. The molecule has 70 valence electrons. The predicted octanol–water partition coefficient (Wildman–Crippen LogP) is 2.84. The van der Waals surface area contributed by atoms with Crippen LogP contribution in [0.4, 0.5) is 0 Å². The molecule has 0 aliphatic carbocycles. The van der Waals surface area contributed by atoms with Crippen molar-refractivity contribution in [2.75, 3.05) is 0 Å². The number of nitrogens with one attached hydrogen (secondary N) is 1. The van der Waals surface area contributed by atoms with Crippen LogP contribution in [-0.4, -0.2) is 6.04 Å². The molecule has 1 aliphatic rings. The lowest BCUT2D eigenvalue weighted by molar-refractivity contribution is 0.397. The molecule has 1 aliphatic heterocycles. The van der Waals surface area contributed by atoms with Crippen molar-refractivity contribution in [1.82, 2.24) is 5.32 Å². The second kappa shape index (κ2) is 3.15. The van der Waals surface area contributed by atoms with Gasteiger partial charge in [-0.3, -0.25) is 0 Å². The zero-order valence-corrected chi connectivity index (χ0v) is 8.54. The lowest BCUT2D eigenvalue weighted by Gasteiger charge is -2.34. The van der Waals surface area contributed by atoms with Crippen molar-refractivity contribution in [3.8, 4) is 0 Å². The van der Waals surface area contributed by atoms with Gasteiger partial charge in [-0.25, -0.2) is 0 Å². The van der Waals surface area contributed by atoms with E-state index >= 15 is 0 Å². The van der Waals surface area contributed by atoms with E-state index in [1.54, 1.807) is 0 Å². The molecule has 0 spiro atoms. The lowest BCUT2D eigenvalue weighted by Crippen LogP contribution is -2.38. The number of hydrogen-bond donors (Lipinski definition) is 1. The first-order valence-corrected chi connectivity index (χ1v) is 5.05. The summed E-state index contributed by atoms with van der Waals surface area (Å²) in [4.78, 5) is 0. The van der Waals surface area contributed by atoms with Crippen molar-refractivity contribution < 1.29 is 0 Å². The lowest BCUT2D eigenvalue weighted by atomic mass is 9.84. The van der Waals surface area contributed by atoms with Crippen molar-refractivity contribution in [3.05, 3.63) is 35.4 Å². The summed E-state index contributed by atoms with van der Waals surface area (Å²) in [6.07, 6.45) is 0. The molecule has 3 atom stereocenters. The van der Waals surface area contributed by atoms with Gasteiger partial charge in [0.15, 0.2) is 0 Å². The summed E-state index contributed by atoms with van der Waals surface area (Å²) in [5.41, 5.74) is 2.98. The Bertz CT molecular complexity index is 306. The van der Waals surface area contributed by atoms with Gasteiger partial charge in [-0.15, -0.1) is 0 Å². The van der Waals surface area contributed by atoms with E-state index in [0.29, 0.717) is 18.0 Å². The van der Waals surface area contributed by atoms with Crippen LogP contribution in [0.1, 0.15) is 43.9 Å². The Morgan fingerprint density at radius 2 is 1.62 bits per heavy atom. The molecule has 0 fully saturated rings. The van der Waals surface area contributed by atoms with E-state index < -0.39 is 0 Å². The van der Waals surface area contributed by atoms with Crippen LogP contribution in [0.2, 0.25) is 0 Å². The topological polar surface area (TPSA) is 12.0 Å². The average Bonchev–Trinajstić information content (AvgIpc) is 2.15. The molecule has 0 bridgehead atoms. The minimum Gasteiger partial charge on any atom is -0.307 e. The summed E-state index contributed by atoms with van der Waals surface area (Å²) in [7, 11) is 0. The highest BCUT2D eigenvalue weighted by atomic mass is 15.0. The van der Waals surface area contributed by atoms with Gasteiger partial charge in [-0.05, 0) is 30.9 Å². The minimum absolute atomic E-state index is 0.502.